The van der Waals surface area contributed by atoms with Crippen molar-refractivity contribution in [1.29, 1.82) is 5.26 Å². The molecule has 0 amide bonds. The number of para-hydroxylation sites is 1. The highest BCUT2D eigenvalue weighted by Crippen LogP contribution is 2.21. The van der Waals surface area contributed by atoms with Crippen molar-refractivity contribution >= 4 is 10.9 Å². The first-order valence-corrected chi connectivity index (χ1v) is 6.00. The first kappa shape index (κ1) is 12.4. The summed E-state index contributed by atoms with van der Waals surface area (Å²) >= 11 is 0. The van der Waals surface area contributed by atoms with Gasteiger partial charge >= 0.3 is 0 Å². The number of fused-ring (bicyclic) bond motifs is 1. The summed E-state index contributed by atoms with van der Waals surface area (Å²) in [4.78, 5) is 4.33. The Morgan fingerprint density at radius 2 is 2.11 bits per heavy atom. The Hall–Kier alpha value is -2.08. The van der Waals surface area contributed by atoms with Gasteiger partial charge in [-0.25, -0.2) is 0 Å². The van der Waals surface area contributed by atoms with Crippen LogP contribution in [0.5, 0.6) is 5.75 Å². The van der Waals surface area contributed by atoms with Crippen molar-refractivity contribution in [3.63, 3.8) is 0 Å². The monoisotopic (exact) mass is 240 g/mol. The minimum absolute atomic E-state index is 0.343. The number of aromatic nitrogens is 1. The standard InChI is InChI=1S/C15H16N2O/c1-15(2,11-16)7-8-18-13-9-12-5-3-4-6-14(12)17-10-13/h3-6,9-10H,7-8H2,1-2H3. The number of hydrogen-bond donors (Lipinski definition) is 0. The summed E-state index contributed by atoms with van der Waals surface area (Å²) in [6, 6.07) is 12.2. The van der Waals surface area contributed by atoms with Gasteiger partial charge in [-0.3, -0.25) is 4.98 Å². The Morgan fingerprint density at radius 3 is 2.89 bits per heavy atom. The van der Waals surface area contributed by atoms with Crippen molar-refractivity contribution < 1.29 is 4.74 Å². The Morgan fingerprint density at radius 1 is 1.33 bits per heavy atom. The molecule has 1 aromatic heterocycles. The zero-order valence-electron chi connectivity index (χ0n) is 10.7. The summed E-state index contributed by atoms with van der Waals surface area (Å²) in [6.07, 6.45) is 2.43. The highest BCUT2D eigenvalue weighted by Gasteiger charge is 2.16. The van der Waals surface area contributed by atoms with Crippen LogP contribution in [0, 0.1) is 16.7 Å². The normalized spacial score (nSPS) is 11.2. The lowest BCUT2D eigenvalue weighted by Crippen LogP contribution is -2.13. The third kappa shape index (κ3) is 2.98. The van der Waals surface area contributed by atoms with E-state index in [2.05, 4.69) is 11.1 Å². The van der Waals surface area contributed by atoms with E-state index in [4.69, 9.17) is 10.00 Å². The second-order valence-corrected chi connectivity index (χ2v) is 4.96. The number of nitrogens with zero attached hydrogens (tertiary/aromatic N) is 2. The number of rotatable bonds is 4. The third-order valence-electron chi connectivity index (χ3n) is 2.86. The molecule has 3 nitrogen and oxygen atoms in total. The molecule has 92 valence electrons. The molecule has 0 saturated heterocycles. The number of benzene rings is 1. The predicted octanol–water partition coefficient (Wildman–Crippen LogP) is 3.55. The van der Waals surface area contributed by atoms with Crippen LogP contribution in [-0.2, 0) is 0 Å². The van der Waals surface area contributed by atoms with Gasteiger partial charge < -0.3 is 4.74 Å². The van der Waals surface area contributed by atoms with Gasteiger partial charge in [0.2, 0.25) is 0 Å². The quantitative estimate of drug-likeness (QED) is 0.821. The Bertz CT molecular complexity index is 584. The van der Waals surface area contributed by atoms with E-state index >= 15 is 0 Å². The van der Waals surface area contributed by atoms with Crippen molar-refractivity contribution in [3.05, 3.63) is 36.5 Å². The van der Waals surface area contributed by atoms with Gasteiger partial charge in [0.1, 0.15) is 5.75 Å². The fourth-order valence-corrected chi connectivity index (χ4v) is 1.61. The van der Waals surface area contributed by atoms with E-state index in [1.807, 2.05) is 44.2 Å². The second kappa shape index (κ2) is 5.05. The van der Waals surface area contributed by atoms with Gasteiger partial charge in [0.05, 0.1) is 29.8 Å². The largest absolute Gasteiger partial charge is 0.492 e. The molecular formula is C15H16N2O. The van der Waals surface area contributed by atoms with E-state index in [-0.39, 0.29) is 5.41 Å². The molecule has 1 aromatic carbocycles. The average Bonchev–Trinajstić information content (AvgIpc) is 2.38. The molecule has 0 radical (unpaired) electrons. The molecule has 0 spiro atoms. The molecule has 0 aliphatic rings. The van der Waals surface area contributed by atoms with Crippen molar-refractivity contribution in [1.82, 2.24) is 4.98 Å². The molecule has 0 aliphatic heterocycles. The first-order valence-electron chi connectivity index (χ1n) is 6.00. The summed E-state index contributed by atoms with van der Waals surface area (Å²) in [7, 11) is 0. The molecule has 0 aliphatic carbocycles. The minimum Gasteiger partial charge on any atom is -0.492 e. The van der Waals surface area contributed by atoms with E-state index in [9.17, 15) is 0 Å². The number of nitriles is 1. The molecule has 0 atom stereocenters. The maximum Gasteiger partial charge on any atom is 0.138 e. The third-order valence-corrected chi connectivity index (χ3v) is 2.86. The maximum absolute atomic E-state index is 8.91. The average molecular weight is 240 g/mol. The fourth-order valence-electron chi connectivity index (χ4n) is 1.61. The van der Waals surface area contributed by atoms with Gasteiger partial charge in [-0.05, 0) is 32.4 Å². The number of hydrogen-bond acceptors (Lipinski definition) is 3. The smallest absolute Gasteiger partial charge is 0.138 e. The van der Waals surface area contributed by atoms with Gasteiger partial charge in [0.25, 0.3) is 0 Å². The molecule has 0 unspecified atom stereocenters. The van der Waals surface area contributed by atoms with Crippen LogP contribution in [-0.4, -0.2) is 11.6 Å². The molecule has 2 rings (SSSR count). The van der Waals surface area contributed by atoms with Gasteiger partial charge in [0, 0.05) is 5.39 Å². The van der Waals surface area contributed by atoms with Crippen LogP contribution in [0.2, 0.25) is 0 Å². The van der Waals surface area contributed by atoms with Crippen LogP contribution in [0.1, 0.15) is 20.3 Å². The Labute approximate surface area is 107 Å². The molecule has 2 aromatic rings. The Balaban J connectivity index is 2.03. The molecule has 18 heavy (non-hydrogen) atoms. The zero-order chi connectivity index (χ0) is 13.0. The molecule has 1 heterocycles. The van der Waals surface area contributed by atoms with E-state index in [1.165, 1.54) is 0 Å². The topological polar surface area (TPSA) is 45.9 Å². The van der Waals surface area contributed by atoms with Gasteiger partial charge in [-0.15, -0.1) is 0 Å². The summed E-state index contributed by atoms with van der Waals surface area (Å²) in [5, 5.41) is 9.98. The van der Waals surface area contributed by atoms with Crippen molar-refractivity contribution in [2.45, 2.75) is 20.3 Å². The lowest BCUT2D eigenvalue weighted by atomic mass is 9.92. The molecular weight excluding hydrogens is 224 g/mol. The fraction of sp³-hybridized carbons (Fsp3) is 0.333. The molecule has 0 N–H and O–H groups in total. The molecule has 3 heteroatoms. The van der Waals surface area contributed by atoms with E-state index in [1.54, 1.807) is 6.20 Å². The lowest BCUT2D eigenvalue weighted by molar-refractivity contribution is 0.264. The van der Waals surface area contributed by atoms with Crippen molar-refractivity contribution in [3.8, 4) is 11.8 Å². The Kier molecular flexibility index (Phi) is 3.47. The van der Waals surface area contributed by atoms with Crippen molar-refractivity contribution in [2.24, 2.45) is 5.41 Å². The zero-order valence-corrected chi connectivity index (χ0v) is 10.7. The molecule has 0 bridgehead atoms. The predicted molar refractivity (Wildman–Crippen MR) is 71.2 cm³/mol. The van der Waals surface area contributed by atoms with E-state index in [0.29, 0.717) is 13.0 Å². The number of ether oxygens (including phenoxy) is 1. The van der Waals surface area contributed by atoms with Crippen LogP contribution < -0.4 is 4.74 Å². The van der Waals surface area contributed by atoms with E-state index in [0.717, 1.165) is 16.7 Å². The van der Waals surface area contributed by atoms with Crippen LogP contribution in [0.25, 0.3) is 10.9 Å². The van der Waals surface area contributed by atoms with E-state index < -0.39 is 0 Å². The van der Waals surface area contributed by atoms with Crippen LogP contribution >= 0.6 is 0 Å². The number of pyridine rings is 1. The summed E-state index contributed by atoms with van der Waals surface area (Å²) < 4.78 is 5.64. The maximum atomic E-state index is 8.91. The minimum atomic E-state index is -0.343. The molecule has 0 fully saturated rings. The highest BCUT2D eigenvalue weighted by atomic mass is 16.5. The van der Waals surface area contributed by atoms with Crippen LogP contribution in [0.15, 0.2) is 36.5 Å². The molecule has 0 saturated carbocycles. The van der Waals surface area contributed by atoms with Gasteiger partial charge in [-0.2, -0.15) is 5.26 Å². The second-order valence-electron chi connectivity index (χ2n) is 4.96. The van der Waals surface area contributed by atoms with Gasteiger partial charge in [-0.1, -0.05) is 18.2 Å². The van der Waals surface area contributed by atoms with Crippen LogP contribution in [0.3, 0.4) is 0 Å². The van der Waals surface area contributed by atoms with Crippen molar-refractivity contribution in [2.75, 3.05) is 6.61 Å². The highest BCUT2D eigenvalue weighted by molar-refractivity contribution is 5.79. The van der Waals surface area contributed by atoms with Crippen LogP contribution in [0.4, 0.5) is 0 Å². The van der Waals surface area contributed by atoms with Gasteiger partial charge in [0.15, 0.2) is 0 Å². The summed E-state index contributed by atoms with van der Waals surface area (Å²) in [5.41, 5.74) is 0.617. The SMILES string of the molecule is CC(C)(C#N)CCOc1cnc2ccccc2c1. The summed E-state index contributed by atoms with van der Waals surface area (Å²) in [6.45, 7) is 4.35. The lowest BCUT2D eigenvalue weighted by Gasteiger charge is -2.15. The first-order chi connectivity index (χ1) is 8.61. The summed E-state index contributed by atoms with van der Waals surface area (Å²) in [5.74, 6) is 0.752.